The van der Waals surface area contributed by atoms with E-state index in [1.165, 1.54) is 20.5 Å². The second-order valence-electron chi connectivity index (χ2n) is 5.38. The van der Waals surface area contributed by atoms with Gasteiger partial charge in [-0.25, -0.2) is 0 Å². The molecule has 0 saturated carbocycles. The zero-order valence-electron chi connectivity index (χ0n) is 12.3. The Kier molecular flexibility index (Phi) is 5.82. The van der Waals surface area contributed by atoms with Gasteiger partial charge in [-0.1, -0.05) is 45.0 Å². The van der Waals surface area contributed by atoms with Gasteiger partial charge in [0.2, 0.25) is 0 Å². The maximum Gasteiger partial charge on any atom is 0.0455 e. The average molecular weight is 352 g/mol. The van der Waals surface area contributed by atoms with Gasteiger partial charge in [-0.05, 0) is 52.0 Å². The van der Waals surface area contributed by atoms with Gasteiger partial charge in [-0.2, -0.15) is 0 Å². The smallest absolute Gasteiger partial charge is 0.0455 e. The fourth-order valence-corrected chi connectivity index (χ4v) is 3.83. The molecule has 1 N–H and O–H groups in total. The number of hydrogen-bond acceptors (Lipinski definition) is 2. The normalized spacial score (nSPS) is 12.8. The van der Waals surface area contributed by atoms with Crippen LogP contribution in [0.4, 0.5) is 0 Å². The van der Waals surface area contributed by atoms with Crippen molar-refractivity contribution in [3.8, 4) is 0 Å². The van der Waals surface area contributed by atoms with Crippen LogP contribution in [0.25, 0.3) is 0 Å². The molecule has 1 aromatic heterocycles. The van der Waals surface area contributed by atoms with Crippen LogP contribution in [0.2, 0.25) is 0 Å². The fourth-order valence-electron chi connectivity index (χ4n) is 2.31. The van der Waals surface area contributed by atoms with Crippen LogP contribution in [0.1, 0.15) is 48.7 Å². The Bertz CT molecular complexity index is 530. The third kappa shape index (κ3) is 4.18. The molecule has 0 aliphatic carbocycles. The van der Waals surface area contributed by atoms with E-state index < -0.39 is 0 Å². The molecule has 0 spiro atoms. The molecule has 0 fully saturated rings. The van der Waals surface area contributed by atoms with E-state index in [4.69, 9.17) is 0 Å². The summed E-state index contributed by atoms with van der Waals surface area (Å²) < 4.78 is 1.18. The zero-order valence-corrected chi connectivity index (χ0v) is 14.7. The molecule has 0 radical (unpaired) electrons. The predicted octanol–water partition coefficient (Wildman–Crippen LogP) is 5.53. The lowest BCUT2D eigenvalue weighted by atomic mass is 9.98. The summed E-state index contributed by atoms with van der Waals surface area (Å²) in [5, 5.41) is 5.74. The molecule has 1 unspecified atom stereocenters. The highest BCUT2D eigenvalue weighted by atomic mass is 79.9. The first kappa shape index (κ1) is 15.7. The third-order valence-corrected chi connectivity index (χ3v) is 5.28. The van der Waals surface area contributed by atoms with Crippen LogP contribution in [0.3, 0.4) is 0 Å². The Morgan fingerprint density at radius 3 is 2.40 bits per heavy atom. The molecule has 2 aromatic rings. The van der Waals surface area contributed by atoms with Crippen molar-refractivity contribution in [2.75, 3.05) is 6.54 Å². The Labute approximate surface area is 134 Å². The van der Waals surface area contributed by atoms with Gasteiger partial charge in [-0.15, -0.1) is 11.3 Å². The minimum absolute atomic E-state index is 0.404. The van der Waals surface area contributed by atoms with Gasteiger partial charge in [0.25, 0.3) is 0 Å². The molecule has 0 amide bonds. The van der Waals surface area contributed by atoms with Crippen LogP contribution in [-0.4, -0.2) is 6.54 Å². The van der Waals surface area contributed by atoms with Crippen molar-refractivity contribution < 1.29 is 0 Å². The summed E-state index contributed by atoms with van der Waals surface area (Å²) in [4.78, 5) is 1.40. The van der Waals surface area contributed by atoms with Crippen LogP contribution < -0.4 is 5.32 Å². The van der Waals surface area contributed by atoms with E-state index in [-0.39, 0.29) is 0 Å². The maximum atomic E-state index is 3.59. The van der Waals surface area contributed by atoms with Gasteiger partial charge in [0.15, 0.2) is 0 Å². The molecule has 0 aliphatic heterocycles. The number of halogens is 1. The molecule has 3 heteroatoms. The minimum atomic E-state index is 0.404. The lowest BCUT2D eigenvalue weighted by Gasteiger charge is -2.17. The molecular formula is C17H22BrNS. The Balaban J connectivity index is 2.11. The second-order valence-corrected chi connectivity index (χ2v) is 7.24. The summed E-state index contributed by atoms with van der Waals surface area (Å²) >= 11 is 5.36. The largest absolute Gasteiger partial charge is 0.309 e. The van der Waals surface area contributed by atoms with Crippen molar-refractivity contribution in [1.82, 2.24) is 5.32 Å². The standard InChI is InChI=1S/C17H22BrNS/c1-4-19-16(17-10-15(18)11-20-17)9-13-5-7-14(8-6-13)12(2)3/h5-8,10-12,16,19H,4,9H2,1-3H3. The SMILES string of the molecule is CCNC(Cc1ccc(C(C)C)cc1)c1cc(Br)cs1. The Hall–Kier alpha value is -0.640. The van der Waals surface area contributed by atoms with E-state index in [2.05, 4.69) is 77.7 Å². The van der Waals surface area contributed by atoms with Crippen molar-refractivity contribution in [2.24, 2.45) is 0 Å². The molecule has 0 aliphatic rings. The molecule has 0 saturated heterocycles. The highest BCUT2D eigenvalue weighted by Gasteiger charge is 2.13. The lowest BCUT2D eigenvalue weighted by molar-refractivity contribution is 0.558. The van der Waals surface area contributed by atoms with Crippen molar-refractivity contribution in [3.63, 3.8) is 0 Å². The number of hydrogen-bond donors (Lipinski definition) is 1. The summed E-state index contributed by atoms with van der Waals surface area (Å²) in [7, 11) is 0. The van der Waals surface area contributed by atoms with E-state index in [9.17, 15) is 0 Å². The highest BCUT2D eigenvalue weighted by Crippen LogP contribution is 2.28. The molecule has 1 nitrogen and oxygen atoms in total. The van der Waals surface area contributed by atoms with Crippen LogP contribution >= 0.6 is 27.3 Å². The van der Waals surface area contributed by atoms with Crippen molar-refractivity contribution in [2.45, 2.75) is 39.2 Å². The minimum Gasteiger partial charge on any atom is -0.309 e. The van der Waals surface area contributed by atoms with Crippen LogP contribution in [0.15, 0.2) is 40.2 Å². The van der Waals surface area contributed by atoms with Crippen LogP contribution in [0.5, 0.6) is 0 Å². The van der Waals surface area contributed by atoms with Gasteiger partial charge < -0.3 is 5.32 Å². The van der Waals surface area contributed by atoms with E-state index >= 15 is 0 Å². The number of rotatable bonds is 6. The molecule has 20 heavy (non-hydrogen) atoms. The molecule has 1 heterocycles. The number of benzene rings is 1. The van der Waals surface area contributed by atoms with Crippen LogP contribution in [0, 0.1) is 0 Å². The monoisotopic (exact) mass is 351 g/mol. The summed E-state index contributed by atoms with van der Waals surface area (Å²) in [6, 6.07) is 11.7. The van der Waals surface area contributed by atoms with E-state index in [1.807, 2.05) is 11.3 Å². The van der Waals surface area contributed by atoms with E-state index in [0.29, 0.717) is 12.0 Å². The van der Waals surface area contributed by atoms with E-state index in [0.717, 1.165) is 13.0 Å². The maximum absolute atomic E-state index is 3.59. The summed E-state index contributed by atoms with van der Waals surface area (Å²) in [5.41, 5.74) is 2.80. The first-order valence-electron chi connectivity index (χ1n) is 7.16. The molecular weight excluding hydrogens is 330 g/mol. The summed E-state index contributed by atoms with van der Waals surface area (Å²) in [5.74, 6) is 0.599. The zero-order chi connectivity index (χ0) is 14.5. The number of thiophene rings is 1. The second kappa shape index (κ2) is 7.39. The molecule has 2 rings (SSSR count). The average Bonchev–Trinajstić information content (AvgIpc) is 2.85. The van der Waals surface area contributed by atoms with Gasteiger partial charge in [0.05, 0.1) is 0 Å². The van der Waals surface area contributed by atoms with Crippen molar-refractivity contribution >= 4 is 27.3 Å². The molecule has 1 atom stereocenters. The fraction of sp³-hybridized carbons (Fsp3) is 0.412. The molecule has 1 aromatic carbocycles. The van der Waals surface area contributed by atoms with Crippen molar-refractivity contribution in [1.29, 1.82) is 0 Å². The highest BCUT2D eigenvalue weighted by molar-refractivity contribution is 9.10. The first-order valence-corrected chi connectivity index (χ1v) is 8.83. The van der Waals surface area contributed by atoms with Gasteiger partial charge in [0, 0.05) is 20.8 Å². The predicted molar refractivity (Wildman–Crippen MR) is 92.7 cm³/mol. The number of likely N-dealkylation sites (N-methyl/N-ethyl adjacent to an activating group) is 1. The Morgan fingerprint density at radius 2 is 1.90 bits per heavy atom. The summed E-state index contributed by atoms with van der Waals surface area (Å²) in [6.45, 7) is 7.63. The third-order valence-electron chi connectivity index (χ3n) is 3.47. The van der Waals surface area contributed by atoms with Crippen LogP contribution in [-0.2, 0) is 6.42 Å². The van der Waals surface area contributed by atoms with Gasteiger partial charge >= 0.3 is 0 Å². The molecule has 0 bridgehead atoms. The Morgan fingerprint density at radius 1 is 1.20 bits per heavy atom. The first-order chi connectivity index (χ1) is 9.60. The number of nitrogens with one attached hydrogen (secondary N) is 1. The quantitative estimate of drug-likeness (QED) is 0.721. The molecule has 108 valence electrons. The van der Waals surface area contributed by atoms with Gasteiger partial charge in [0.1, 0.15) is 0 Å². The summed E-state index contributed by atoms with van der Waals surface area (Å²) in [6.07, 6.45) is 1.04. The van der Waals surface area contributed by atoms with Gasteiger partial charge in [-0.3, -0.25) is 0 Å². The van der Waals surface area contributed by atoms with E-state index in [1.54, 1.807) is 0 Å². The topological polar surface area (TPSA) is 12.0 Å². The van der Waals surface area contributed by atoms with Crippen molar-refractivity contribution in [3.05, 3.63) is 56.2 Å². The lowest BCUT2D eigenvalue weighted by Crippen LogP contribution is -2.22.